The van der Waals surface area contributed by atoms with Crippen LogP contribution in [0.4, 0.5) is 0 Å². The Balaban J connectivity index is 2.37. The van der Waals surface area contributed by atoms with Crippen molar-refractivity contribution in [2.45, 2.75) is 26.8 Å². The van der Waals surface area contributed by atoms with Gasteiger partial charge in [-0.05, 0) is 25.2 Å². The summed E-state index contributed by atoms with van der Waals surface area (Å²) in [5, 5.41) is 0. The van der Waals surface area contributed by atoms with E-state index in [0.717, 1.165) is 55.2 Å². The first-order valence-corrected chi connectivity index (χ1v) is 8.09. The predicted octanol–water partition coefficient (Wildman–Crippen LogP) is 3.17. The summed E-state index contributed by atoms with van der Waals surface area (Å²) < 4.78 is 7.70. The molecule has 0 saturated carbocycles. The molecule has 0 aliphatic carbocycles. The largest absolute Gasteiger partial charge is 0.494 e. The van der Waals surface area contributed by atoms with Gasteiger partial charge in [0.2, 0.25) is 0 Å². The lowest BCUT2D eigenvalue weighted by Crippen LogP contribution is -2.27. The lowest BCUT2D eigenvalue weighted by Gasteiger charge is -2.19. The zero-order valence-electron chi connectivity index (χ0n) is 13.1. The van der Waals surface area contributed by atoms with Crippen molar-refractivity contribution in [1.82, 2.24) is 14.5 Å². The Labute approximate surface area is 131 Å². The summed E-state index contributed by atoms with van der Waals surface area (Å²) in [5.74, 6) is 2.44. The number of para-hydroxylation sites is 1. The van der Waals surface area contributed by atoms with Crippen molar-refractivity contribution in [2.24, 2.45) is 0 Å². The van der Waals surface area contributed by atoms with E-state index in [4.69, 9.17) is 21.3 Å². The molecule has 1 aromatic heterocycles. The summed E-state index contributed by atoms with van der Waals surface area (Å²) in [4.78, 5) is 7.15. The van der Waals surface area contributed by atoms with Gasteiger partial charge in [0.15, 0.2) is 0 Å². The van der Waals surface area contributed by atoms with Gasteiger partial charge < -0.3 is 14.2 Å². The molecule has 0 N–H and O–H groups in total. The second-order valence-corrected chi connectivity index (χ2v) is 5.35. The summed E-state index contributed by atoms with van der Waals surface area (Å²) in [6, 6.07) is 6.07. The number of hydrogen-bond acceptors (Lipinski definition) is 3. The minimum Gasteiger partial charge on any atom is -0.494 e. The third kappa shape index (κ3) is 3.50. The van der Waals surface area contributed by atoms with Gasteiger partial charge in [0.05, 0.1) is 12.6 Å². The van der Waals surface area contributed by atoms with Crippen molar-refractivity contribution < 1.29 is 4.74 Å². The molecule has 0 atom stereocenters. The van der Waals surface area contributed by atoms with E-state index >= 15 is 0 Å². The van der Waals surface area contributed by atoms with Crippen LogP contribution in [0, 0.1) is 0 Å². The zero-order valence-corrected chi connectivity index (χ0v) is 13.9. The van der Waals surface area contributed by atoms with Crippen molar-refractivity contribution in [3.05, 3.63) is 24.0 Å². The third-order valence-electron chi connectivity index (χ3n) is 3.89. The number of fused-ring (bicyclic) bond motifs is 1. The standard InChI is InChI=1S/C16H24ClN3O/c1-4-19(5-2)11-12-20-13-7-6-8-14(21-3)16(13)18-15(20)9-10-17/h6-8H,4-5,9-12H2,1-3H3. The molecule has 0 fully saturated rings. The van der Waals surface area contributed by atoms with E-state index in [1.54, 1.807) is 7.11 Å². The monoisotopic (exact) mass is 309 g/mol. The molecule has 0 saturated heterocycles. The molecule has 116 valence electrons. The molecule has 1 aromatic carbocycles. The smallest absolute Gasteiger partial charge is 0.146 e. The first kappa shape index (κ1) is 16.1. The minimum atomic E-state index is 0.580. The van der Waals surface area contributed by atoms with Gasteiger partial charge >= 0.3 is 0 Å². The van der Waals surface area contributed by atoms with Crippen LogP contribution in [0.15, 0.2) is 18.2 Å². The number of methoxy groups -OCH3 is 1. The quantitative estimate of drug-likeness (QED) is 0.702. The summed E-state index contributed by atoms with van der Waals surface area (Å²) in [6.07, 6.45) is 0.775. The average molecular weight is 310 g/mol. The third-order valence-corrected chi connectivity index (χ3v) is 4.08. The van der Waals surface area contributed by atoms with Crippen LogP contribution >= 0.6 is 11.6 Å². The molecule has 0 radical (unpaired) electrons. The zero-order chi connectivity index (χ0) is 15.2. The Hall–Kier alpha value is -1.26. The summed E-state index contributed by atoms with van der Waals surface area (Å²) in [6.45, 7) is 8.47. The van der Waals surface area contributed by atoms with Gasteiger partial charge in [-0.2, -0.15) is 0 Å². The van der Waals surface area contributed by atoms with Crippen LogP contribution in [0.5, 0.6) is 5.75 Å². The molecule has 5 heteroatoms. The maximum Gasteiger partial charge on any atom is 0.146 e. The molecule has 21 heavy (non-hydrogen) atoms. The SMILES string of the molecule is CCN(CC)CCn1c(CCCl)nc2c(OC)cccc21. The van der Waals surface area contributed by atoms with Crippen molar-refractivity contribution in [1.29, 1.82) is 0 Å². The van der Waals surface area contributed by atoms with Crippen molar-refractivity contribution in [3.8, 4) is 5.75 Å². The van der Waals surface area contributed by atoms with Gasteiger partial charge in [0.25, 0.3) is 0 Å². The molecule has 1 heterocycles. The van der Waals surface area contributed by atoms with E-state index in [2.05, 4.69) is 29.4 Å². The van der Waals surface area contributed by atoms with Crippen LogP contribution < -0.4 is 4.74 Å². The van der Waals surface area contributed by atoms with Crippen molar-refractivity contribution in [3.63, 3.8) is 0 Å². The number of benzene rings is 1. The number of halogens is 1. The van der Waals surface area contributed by atoms with Gasteiger partial charge in [-0.25, -0.2) is 4.98 Å². The van der Waals surface area contributed by atoms with Crippen LogP contribution in [0.2, 0.25) is 0 Å². The Morgan fingerprint density at radius 1 is 1.29 bits per heavy atom. The maximum atomic E-state index is 5.93. The highest BCUT2D eigenvalue weighted by molar-refractivity contribution is 6.17. The Bertz CT molecular complexity index is 578. The first-order valence-electron chi connectivity index (χ1n) is 7.55. The predicted molar refractivity (Wildman–Crippen MR) is 88.5 cm³/mol. The van der Waals surface area contributed by atoms with Crippen LogP contribution in [0.25, 0.3) is 11.0 Å². The molecule has 0 aliphatic heterocycles. The fraction of sp³-hybridized carbons (Fsp3) is 0.562. The van der Waals surface area contributed by atoms with Gasteiger partial charge in [-0.3, -0.25) is 0 Å². The van der Waals surface area contributed by atoms with Gasteiger partial charge in [0, 0.05) is 25.4 Å². The maximum absolute atomic E-state index is 5.93. The fourth-order valence-corrected chi connectivity index (χ4v) is 2.81. The van der Waals surface area contributed by atoms with Crippen LogP contribution in [0.1, 0.15) is 19.7 Å². The average Bonchev–Trinajstić information content (AvgIpc) is 2.86. The highest BCUT2D eigenvalue weighted by Crippen LogP contribution is 2.26. The number of ether oxygens (including phenoxy) is 1. The molecule has 4 nitrogen and oxygen atoms in total. The highest BCUT2D eigenvalue weighted by Gasteiger charge is 2.14. The van der Waals surface area contributed by atoms with E-state index < -0.39 is 0 Å². The van der Waals surface area contributed by atoms with Gasteiger partial charge in [-0.15, -0.1) is 11.6 Å². The molecule has 2 aromatic rings. The Kier molecular flexibility index (Phi) is 5.88. The number of hydrogen-bond donors (Lipinski definition) is 0. The molecular formula is C16H24ClN3O. The number of nitrogens with zero attached hydrogens (tertiary/aromatic N) is 3. The number of aromatic nitrogens is 2. The Morgan fingerprint density at radius 2 is 2.05 bits per heavy atom. The van der Waals surface area contributed by atoms with E-state index in [1.807, 2.05) is 12.1 Å². The molecule has 2 rings (SSSR count). The molecular weight excluding hydrogens is 286 g/mol. The number of alkyl halides is 1. The topological polar surface area (TPSA) is 30.3 Å². The van der Waals surface area contributed by atoms with Crippen molar-refractivity contribution >= 4 is 22.6 Å². The molecule has 0 aliphatic rings. The molecule has 0 amide bonds. The van der Waals surface area contributed by atoms with Crippen LogP contribution in [0.3, 0.4) is 0 Å². The van der Waals surface area contributed by atoms with E-state index in [9.17, 15) is 0 Å². The summed E-state index contributed by atoms with van der Waals surface area (Å²) in [5.41, 5.74) is 2.06. The second kappa shape index (κ2) is 7.66. The first-order chi connectivity index (χ1) is 10.2. The van der Waals surface area contributed by atoms with Gasteiger partial charge in [-0.1, -0.05) is 19.9 Å². The number of likely N-dealkylation sites (N-methyl/N-ethyl adjacent to an activating group) is 1. The second-order valence-electron chi connectivity index (χ2n) is 4.97. The minimum absolute atomic E-state index is 0.580. The lowest BCUT2D eigenvalue weighted by molar-refractivity contribution is 0.290. The van der Waals surface area contributed by atoms with Crippen LogP contribution in [-0.4, -0.2) is 47.1 Å². The van der Waals surface area contributed by atoms with Crippen LogP contribution in [-0.2, 0) is 13.0 Å². The van der Waals surface area contributed by atoms with Crippen molar-refractivity contribution in [2.75, 3.05) is 32.6 Å². The number of imidazole rings is 1. The lowest BCUT2D eigenvalue weighted by atomic mass is 10.3. The Morgan fingerprint density at radius 3 is 2.67 bits per heavy atom. The highest BCUT2D eigenvalue weighted by atomic mass is 35.5. The van der Waals surface area contributed by atoms with E-state index in [-0.39, 0.29) is 0 Å². The molecule has 0 spiro atoms. The van der Waals surface area contributed by atoms with E-state index in [1.165, 1.54) is 0 Å². The molecule has 0 bridgehead atoms. The van der Waals surface area contributed by atoms with E-state index in [0.29, 0.717) is 5.88 Å². The van der Waals surface area contributed by atoms with Gasteiger partial charge in [0.1, 0.15) is 17.1 Å². The normalized spacial score (nSPS) is 11.5. The molecule has 0 unspecified atom stereocenters. The fourth-order valence-electron chi connectivity index (χ4n) is 2.64. The summed E-state index contributed by atoms with van der Waals surface area (Å²) in [7, 11) is 1.69. The number of aryl methyl sites for hydroxylation is 1. The summed E-state index contributed by atoms with van der Waals surface area (Å²) >= 11 is 5.93. The number of rotatable bonds is 8.